The number of aromatic nitrogens is 2. The first-order valence-electron chi connectivity index (χ1n) is 11.2. The SMILES string of the molecule is O=c1c2ccccc2nc2n1CCC2Cc1ccc(OCCN2CCCCC2)cc1. The van der Waals surface area contributed by atoms with Gasteiger partial charge in [0.05, 0.1) is 10.9 Å². The van der Waals surface area contributed by atoms with Crippen LogP contribution in [0.3, 0.4) is 0 Å². The maximum Gasteiger partial charge on any atom is 0.261 e. The number of piperidine rings is 1. The molecular weight excluding hydrogens is 374 g/mol. The Morgan fingerprint density at radius 2 is 1.77 bits per heavy atom. The second kappa shape index (κ2) is 8.60. The number of fused-ring (bicyclic) bond motifs is 2. The third kappa shape index (κ3) is 3.99. The molecule has 0 radical (unpaired) electrons. The molecule has 2 aliphatic heterocycles. The average Bonchev–Trinajstić information content (AvgIpc) is 3.19. The van der Waals surface area contributed by atoms with Crippen molar-refractivity contribution in [3.63, 3.8) is 0 Å². The van der Waals surface area contributed by atoms with E-state index < -0.39 is 0 Å². The molecule has 30 heavy (non-hydrogen) atoms. The molecule has 0 spiro atoms. The van der Waals surface area contributed by atoms with Gasteiger partial charge in [-0.25, -0.2) is 4.98 Å². The van der Waals surface area contributed by atoms with E-state index in [1.807, 2.05) is 28.8 Å². The van der Waals surface area contributed by atoms with Gasteiger partial charge in [0.1, 0.15) is 18.2 Å². The van der Waals surface area contributed by atoms with Gasteiger partial charge in [-0.15, -0.1) is 0 Å². The Bertz CT molecular complexity index is 1070. The van der Waals surface area contributed by atoms with E-state index in [2.05, 4.69) is 29.2 Å². The third-order valence-electron chi connectivity index (χ3n) is 6.49. The lowest BCUT2D eigenvalue weighted by Crippen LogP contribution is -2.33. The van der Waals surface area contributed by atoms with E-state index in [-0.39, 0.29) is 11.5 Å². The molecule has 3 aromatic rings. The summed E-state index contributed by atoms with van der Waals surface area (Å²) < 4.78 is 7.82. The number of benzene rings is 2. The van der Waals surface area contributed by atoms with Crippen LogP contribution in [0.4, 0.5) is 0 Å². The lowest BCUT2D eigenvalue weighted by atomic mass is 9.97. The molecule has 0 amide bonds. The van der Waals surface area contributed by atoms with Gasteiger partial charge in [-0.3, -0.25) is 14.3 Å². The standard InChI is InChI=1S/C25H29N3O2/c29-25-22-6-2-3-7-23(22)26-24-20(12-15-28(24)25)18-19-8-10-21(11-9-19)30-17-16-27-13-4-1-5-14-27/h2-3,6-11,20H,1,4-5,12-18H2. The van der Waals surface area contributed by atoms with Gasteiger partial charge in [-0.1, -0.05) is 30.7 Å². The summed E-state index contributed by atoms with van der Waals surface area (Å²) in [6, 6.07) is 16.1. The molecule has 1 aromatic heterocycles. The largest absolute Gasteiger partial charge is 0.492 e. The molecule has 5 rings (SSSR count). The summed E-state index contributed by atoms with van der Waals surface area (Å²) in [6.45, 7) is 4.92. The van der Waals surface area contributed by atoms with Crippen molar-refractivity contribution in [3.05, 3.63) is 70.3 Å². The highest BCUT2D eigenvalue weighted by atomic mass is 16.5. The number of ether oxygens (including phenoxy) is 1. The Kier molecular flexibility index (Phi) is 5.54. The zero-order valence-electron chi connectivity index (χ0n) is 17.4. The predicted molar refractivity (Wildman–Crippen MR) is 119 cm³/mol. The first-order valence-corrected chi connectivity index (χ1v) is 11.2. The Morgan fingerprint density at radius 1 is 0.967 bits per heavy atom. The van der Waals surface area contributed by atoms with Crippen molar-refractivity contribution in [3.8, 4) is 5.75 Å². The molecule has 0 bridgehead atoms. The van der Waals surface area contributed by atoms with Crippen LogP contribution in [0.15, 0.2) is 53.3 Å². The fraction of sp³-hybridized carbons (Fsp3) is 0.440. The zero-order valence-corrected chi connectivity index (χ0v) is 17.4. The first kappa shape index (κ1) is 19.3. The fourth-order valence-electron chi connectivity index (χ4n) is 4.80. The van der Waals surface area contributed by atoms with E-state index in [1.54, 1.807) is 0 Å². The van der Waals surface area contributed by atoms with Crippen molar-refractivity contribution < 1.29 is 4.74 Å². The number of likely N-dealkylation sites (tertiary alicyclic amines) is 1. The van der Waals surface area contributed by atoms with Crippen LogP contribution < -0.4 is 10.3 Å². The predicted octanol–water partition coefficient (Wildman–Crippen LogP) is 3.99. The minimum atomic E-state index is 0.0931. The van der Waals surface area contributed by atoms with Crippen LogP contribution in [0.2, 0.25) is 0 Å². The molecule has 1 fully saturated rings. The van der Waals surface area contributed by atoms with E-state index in [1.165, 1.54) is 37.9 Å². The van der Waals surface area contributed by atoms with Crippen molar-refractivity contribution in [2.45, 2.75) is 44.6 Å². The molecule has 5 heteroatoms. The lowest BCUT2D eigenvalue weighted by molar-refractivity contribution is 0.183. The van der Waals surface area contributed by atoms with Crippen LogP contribution in [-0.4, -0.2) is 40.7 Å². The molecule has 5 nitrogen and oxygen atoms in total. The van der Waals surface area contributed by atoms with Gasteiger partial charge >= 0.3 is 0 Å². The van der Waals surface area contributed by atoms with E-state index in [0.29, 0.717) is 5.39 Å². The number of nitrogens with zero attached hydrogens (tertiary/aromatic N) is 3. The number of hydrogen-bond donors (Lipinski definition) is 0. The van der Waals surface area contributed by atoms with Crippen molar-refractivity contribution in [1.82, 2.24) is 14.5 Å². The van der Waals surface area contributed by atoms with E-state index in [0.717, 1.165) is 49.6 Å². The summed E-state index contributed by atoms with van der Waals surface area (Å²) in [6.07, 6.45) is 5.86. The second-order valence-corrected chi connectivity index (χ2v) is 8.53. The summed E-state index contributed by atoms with van der Waals surface area (Å²) in [5.41, 5.74) is 2.16. The second-order valence-electron chi connectivity index (χ2n) is 8.53. The van der Waals surface area contributed by atoms with E-state index >= 15 is 0 Å². The molecule has 0 N–H and O–H groups in total. The highest BCUT2D eigenvalue weighted by molar-refractivity contribution is 5.77. The van der Waals surface area contributed by atoms with E-state index in [4.69, 9.17) is 9.72 Å². The summed E-state index contributed by atoms with van der Waals surface area (Å²) in [5, 5.41) is 0.716. The van der Waals surface area contributed by atoms with Crippen LogP contribution in [0.1, 0.15) is 43.0 Å². The molecule has 2 aromatic carbocycles. The summed E-state index contributed by atoms with van der Waals surface area (Å²) >= 11 is 0. The average molecular weight is 404 g/mol. The Hall–Kier alpha value is -2.66. The highest BCUT2D eigenvalue weighted by Gasteiger charge is 2.26. The van der Waals surface area contributed by atoms with Gasteiger partial charge in [0, 0.05) is 19.0 Å². The summed E-state index contributed by atoms with van der Waals surface area (Å²) in [4.78, 5) is 20.1. The molecule has 1 unspecified atom stereocenters. The monoisotopic (exact) mass is 403 g/mol. The van der Waals surface area contributed by atoms with Crippen molar-refractivity contribution in [2.75, 3.05) is 26.2 Å². The summed E-state index contributed by atoms with van der Waals surface area (Å²) in [5.74, 6) is 2.15. The molecule has 0 saturated carbocycles. The molecule has 1 saturated heterocycles. The van der Waals surface area contributed by atoms with Crippen LogP contribution in [-0.2, 0) is 13.0 Å². The quantitative estimate of drug-likeness (QED) is 0.624. The van der Waals surface area contributed by atoms with Crippen LogP contribution >= 0.6 is 0 Å². The summed E-state index contributed by atoms with van der Waals surface area (Å²) in [7, 11) is 0. The van der Waals surface area contributed by atoms with Gasteiger partial charge in [0.15, 0.2) is 0 Å². The number of rotatable bonds is 6. The van der Waals surface area contributed by atoms with Crippen LogP contribution in [0.25, 0.3) is 10.9 Å². The minimum Gasteiger partial charge on any atom is -0.492 e. The third-order valence-corrected chi connectivity index (χ3v) is 6.49. The van der Waals surface area contributed by atoms with Gasteiger partial charge in [0.2, 0.25) is 0 Å². The maximum atomic E-state index is 12.8. The number of hydrogen-bond acceptors (Lipinski definition) is 4. The van der Waals surface area contributed by atoms with Gasteiger partial charge in [-0.05, 0) is 68.6 Å². The van der Waals surface area contributed by atoms with Gasteiger partial charge in [-0.2, -0.15) is 0 Å². The molecule has 0 aliphatic carbocycles. The Balaban J connectivity index is 1.22. The van der Waals surface area contributed by atoms with Crippen molar-refractivity contribution >= 4 is 10.9 Å². The minimum absolute atomic E-state index is 0.0931. The fourth-order valence-corrected chi connectivity index (χ4v) is 4.80. The highest BCUT2D eigenvalue weighted by Crippen LogP contribution is 2.30. The first-order chi connectivity index (χ1) is 14.8. The van der Waals surface area contributed by atoms with Gasteiger partial charge in [0.25, 0.3) is 5.56 Å². The molecular formula is C25H29N3O2. The lowest BCUT2D eigenvalue weighted by Gasteiger charge is -2.26. The Labute approximate surface area is 177 Å². The smallest absolute Gasteiger partial charge is 0.261 e. The zero-order chi connectivity index (χ0) is 20.3. The molecule has 156 valence electrons. The topological polar surface area (TPSA) is 47.4 Å². The molecule has 3 heterocycles. The molecule has 1 atom stereocenters. The Morgan fingerprint density at radius 3 is 2.60 bits per heavy atom. The van der Waals surface area contributed by atoms with Crippen LogP contribution in [0, 0.1) is 0 Å². The normalized spacial score (nSPS) is 19.1. The van der Waals surface area contributed by atoms with E-state index in [9.17, 15) is 4.79 Å². The van der Waals surface area contributed by atoms with Crippen molar-refractivity contribution in [1.29, 1.82) is 0 Å². The maximum absolute atomic E-state index is 12.8. The number of para-hydroxylation sites is 1. The van der Waals surface area contributed by atoms with Crippen molar-refractivity contribution in [2.24, 2.45) is 0 Å². The van der Waals surface area contributed by atoms with Crippen LogP contribution in [0.5, 0.6) is 5.75 Å². The van der Waals surface area contributed by atoms with Gasteiger partial charge < -0.3 is 4.74 Å². The molecule has 2 aliphatic rings.